The predicted octanol–water partition coefficient (Wildman–Crippen LogP) is 2.62. The average molecular weight is 279 g/mol. The smallest absolute Gasteiger partial charge is 0.307 e. The molecule has 5 heteroatoms. The molecule has 4 nitrogen and oxygen atoms in total. The summed E-state index contributed by atoms with van der Waals surface area (Å²) in [7, 11) is 0. The third-order valence-corrected chi connectivity index (χ3v) is 3.43. The summed E-state index contributed by atoms with van der Waals surface area (Å²) >= 11 is 0. The summed E-state index contributed by atoms with van der Waals surface area (Å²) in [5, 5.41) is 9.05. The minimum atomic E-state index is -0.717. The van der Waals surface area contributed by atoms with Gasteiger partial charge in [-0.3, -0.25) is 4.79 Å². The highest BCUT2D eigenvalue weighted by molar-refractivity contribution is 5.85. The molecular weight excluding hydrogens is 264 g/mol. The molecule has 19 heavy (non-hydrogen) atoms. The lowest BCUT2D eigenvalue weighted by molar-refractivity contribution is -0.142. The zero-order valence-electron chi connectivity index (χ0n) is 10.3. The lowest BCUT2D eigenvalue weighted by Crippen LogP contribution is -2.25. The maximum Gasteiger partial charge on any atom is 0.307 e. The fraction of sp³-hybridized carbons (Fsp3) is 0.286. The SMILES string of the molecule is Cl.O=C(O)C1CCn2cc(-c3ccccc3)nc2C1. The van der Waals surface area contributed by atoms with Gasteiger partial charge in [0.25, 0.3) is 0 Å². The van der Waals surface area contributed by atoms with Crippen molar-refractivity contribution in [2.24, 2.45) is 5.92 Å². The van der Waals surface area contributed by atoms with E-state index >= 15 is 0 Å². The van der Waals surface area contributed by atoms with Crippen LogP contribution in [0.5, 0.6) is 0 Å². The van der Waals surface area contributed by atoms with Crippen molar-refractivity contribution in [1.29, 1.82) is 0 Å². The van der Waals surface area contributed by atoms with Crippen LogP contribution in [0.4, 0.5) is 0 Å². The minimum Gasteiger partial charge on any atom is -0.481 e. The molecular formula is C14H15ClN2O2. The molecule has 2 aromatic rings. The van der Waals surface area contributed by atoms with E-state index in [4.69, 9.17) is 5.11 Å². The zero-order valence-corrected chi connectivity index (χ0v) is 11.1. The number of fused-ring (bicyclic) bond motifs is 1. The number of carboxylic acid groups (broad SMARTS) is 1. The van der Waals surface area contributed by atoms with Gasteiger partial charge in [0.15, 0.2) is 0 Å². The lowest BCUT2D eigenvalue weighted by atomic mass is 9.98. The first kappa shape index (κ1) is 13.6. The van der Waals surface area contributed by atoms with E-state index in [-0.39, 0.29) is 18.3 Å². The summed E-state index contributed by atoms with van der Waals surface area (Å²) in [6.07, 6.45) is 3.23. The maximum absolute atomic E-state index is 11.0. The first-order valence-corrected chi connectivity index (χ1v) is 6.08. The van der Waals surface area contributed by atoms with Crippen molar-refractivity contribution in [2.45, 2.75) is 19.4 Å². The standard InChI is InChI=1S/C14H14N2O2.ClH/c17-14(18)11-6-7-16-9-12(15-13(16)8-11)10-4-2-1-3-5-10;/h1-5,9,11H,6-8H2,(H,17,18);1H. The summed E-state index contributed by atoms with van der Waals surface area (Å²) in [4.78, 5) is 15.6. The number of aliphatic carboxylic acids is 1. The number of aryl methyl sites for hydroxylation is 1. The van der Waals surface area contributed by atoms with Gasteiger partial charge in [-0.15, -0.1) is 12.4 Å². The number of aromatic nitrogens is 2. The number of nitrogens with zero attached hydrogens (tertiary/aromatic N) is 2. The highest BCUT2D eigenvalue weighted by atomic mass is 35.5. The van der Waals surface area contributed by atoms with Gasteiger partial charge in [-0.2, -0.15) is 0 Å². The third-order valence-electron chi connectivity index (χ3n) is 3.43. The molecule has 1 unspecified atom stereocenters. The Hall–Kier alpha value is -1.81. The number of hydrogen-bond donors (Lipinski definition) is 1. The fourth-order valence-electron chi connectivity index (χ4n) is 2.39. The molecule has 0 bridgehead atoms. The van der Waals surface area contributed by atoms with Gasteiger partial charge in [-0.05, 0) is 6.42 Å². The second kappa shape index (κ2) is 5.45. The van der Waals surface area contributed by atoms with Crippen LogP contribution in [0.15, 0.2) is 36.5 Å². The van der Waals surface area contributed by atoms with E-state index < -0.39 is 5.97 Å². The summed E-state index contributed by atoms with van der Waals surface area (Å²) in [6, 6.07) is 9.97. The Morgan fingerprint density at radius 1 is 1.32 bits per heavy atom. The molecule has 1 aromatic heterocycles. The van der Waals surface area contributed by atoms with Crippen LogP contribution in [0, 0.1) is 5.92 Å². The predicted molar refractivity (Wildman–Crippen MR) is 74.4 cm³/mol. The van der Waals surface area contributed by atoms with Gasteiger partial charge >= 0.3 is 5.97 Å². The first-order chi connectivity index (χ1) is 8.74. The fourth-order valence-corrected chi connectivity index (χ4v) is 2.39. The molecule has 0 saturated carbocycles. The van der Waals surface area contributed by atoms with Crippen molar-refractivity contribution in [3.8, 4) is 11.3 Å². The van der Waals surface area contributed by atoms with Crippen LogP contribution in [0.25, 0.3) is 11.3 Å². The molecule has 0 amide bonds. The topological polar surface area (TPSA) is 55.1 Å². The molecule has 0 radical (unpaired) electrons. The monoisotopic (exact) mass is 278 g/mol. The lowest BCUT2D eigenvalue weighted by Gasteiger charge is -2.19. The van der Waals surface area contributed by atoms with Gasteiger partial charge in [0.2, 0.25) is 0 Å². The molecule has 1 aliphatic heterocycles. The van der Waals surface area contributed by atoms with Crippen LogP contribution in [0.2, 0.25) is 0 Å². The minimum absolute atomic E-state index is 0. The van der Waals surface area contributed by atoms with E-state index in [2.05, 4.69) is 9.55 Å². The second-order valence-corrected chi connectivity index (χ2v) is 4.63. The Bertz CT molecular complexity index is 580. The zero-order chi connectivity index (χ0) is 12.5. The number of imidazole rings is 1. The average Bonchev–Trinajstić information content (AvgIpc) is 2.82. The quantitative estimate of drug-likeness (QED) is 0.919. The highest BCUT2D eigenvalue weighted by Crippen LogP contribution is 2.25. The van der Waals surface area contributed by atoms with Crippen LogP contribution in [-0.2, 0) is 17.8 Å². The summed E-state index contributed by atoms with van der Waals surface area (Å²) in [5.41, 5.74) is 2.00. The number of hydrogen-bond acceptors (Lipinski definition) is 2. The Labute approximate surface area is 117 Å². The van der Waals surface area contributed by atoms with Crippen molar-refractivity contribution >= 4 is 18.4 Å². The number of rotatable bonds is 2. The van der Waals surface area contributed by atoms with Gasteiger partial charge in [0.1, 0.15) is 5.82 Å². The molecule has 1 atom stereocenters. The molecule has 0 fully saturated rings. The molecule has 3 rings (SSSR count). The van der Waals surface area contributed by atoms with Crippen molar-refractivity contribution < 1.29 is 9.90 Å². The normalized spacial score (nSPS) is 17.4. The number of benzene rings is 1. The number of carboxylic acids is 1. The van der Waals surface area contributed by atoms with E-state index in [1.807, 2.05) is 36.5 Å². The van der Waals surface area contributed by atoms with E-state index in [1.165, 1.54) is 0 Å². The highest BCUT2D eigenvalue weighted by Gasteiger charge is 2.25. The van der Waals surface area contributed by atoms with Crippen LogP contribution in [0.1, 0.15) is 12.2 Å². The number of carbonyl (C=O) groups is 1. The maximum atomic E-state index is 11.0. The Balaban J connectivity index is 0.00000133. The van der Waals surface area contributed by atoms with Crippen molar-refractivity contribution in [2.75, 3.05) is 0 Å². The van der Waals surface area contributed by atoms with E-state index in [0.717, 1.165) is 23.6 Å². The van der Waals surface area contributed by atoms with Crippen LogP contribution in [-0.4, -0.2) is 20.6 Å². The summed E-state index contributed by atoms with van der Waals surface area (Å²) < 4.78 is 2.07. The van der Waals surface area contributed by atoms with Gasteiger partial charge in [-0.25, -0.2) is 4.98 Å². The van der Waals surface area contributed by atoms with E-state index in [0.29, 0.717) is 12.8 Å². The summed E-state index contributed by atoms with van der Waals surface area (Å²) in [5.74, 6) is -0.124. The first-order valence-electron chi connectivity index (χ1n) is 6.08. The molecule has 2 heterocycles. The van der Waals surface area contributed by atoms with E-state index in [9.17, 15) is 4.79 Å². The van der Waals surface area contributed by atoms with Gasteiger partial charge in [-0.1, -0.05) is 30.3 Å². The van der Waals surface area contributed by atoms with Crippen molar-refractivity contribution in [3.63, 3.8) is 0 Å². The second-order valence-electron chi connectivity index (χ2n) is 4.63. The van der Waals surface area contributed by atoms with E-state index in [1.54, 1.807) is 0 Å². The van der Waals surface area contributed by atoms with Crippen LogP contribution in [0.3, 0.4) is 0 Å². The molecule has 0 spiro atoms. The van der Waals surface area contributed by atoms with Crippen LogP contribution >= 0.6 is 12.4 Å². The third kappa shape index (κ3) is 2.63. The Morgan fingerprint density at radius 2 is 2.05 bits per heavy atom. The summed E-state index contributed by atoms with van der Waals surface area (Å²) in [6.45, 7) is 0.742. The van der Waals surface area contributed by atoms with Gasteiger partial charge in [0, 0.05) is 24.7 Å². The van der Waals surface area contributed by atoms with Crippen molar-refractivity contribution in [1.82, 2.24) is 9.55 Å². The van der Waals surface area contributed by atoms with Gasteiger partial charge < -0.3 is 9.67 Å². The Morgan fingerprint density at radius 3 is 2.74 bits per heavy atom. The molecule has 0 saturated heterocycles. The molecule has 0 aliphatic carbocycles. The Kier molecular flexibility index (Phi) is 3.90. The largest absolute Gasteiger partial charge is 0.481 e. The van der Waals surface area contributed by atoms with Gasteiger partial charge in [0.05, 0.1) is 11.6 Å². The molecule has 1 aliphatic rings. The molecule has 100 valence electrons. The van der Waals surface area contributed by atoms with Crippen LogP contribution < -0.4 is 0 Å². The molecule has 1 aromatic carbocycles. The number of halogens is 1. The molecule has 1 N–H and O–H groups in total. The van der Waals surface area contributed by atoms with Crippen molar-refractivity contribution in [3.05, 3.63) is 42.4 Å².